The summed E-state index contributed by atoms with van der Waals surface area (Å²) in [5, 5.41) is 2.99. The van der Waals surface area contributed by atoms with Crippen LogP contribution in [0.25, 0.3) is 0 Å². The van der Waals surface area contributed by atoms with Gasteiger partial charge in [-0.15, -0.1) is 0 Å². The Morgan fingerprint density at radius 3 is 2.39 bits per heavy atom. The molecule has 2 aliphatic rings. The average Bonchev–Trinajstić information content (AvgIpc) is 2.74. The second-order valence-corrected chi connectivity index (χ2v) is 9.22. The van der Waals surface area contributed by atoms with E-state index >= 15 is 0 Å². The van der Waals surface area contributed by atoms with Gasteiger partial charge in [0.2, 0.25) is 5.91 Å². The lowest BCUT2D eigenvalue weighted by Gasteiger charge is -2.36. The van der Waals surface area contributed by atoms with Crippen molar-refractivity contribution in [3.63, 3.8) is 0 Å². The van der Waals surface area contributed by atoms with E-state index in [4.69, 9.17) is 4.74 Å². The lowest BCUT2D eigenvalue weighted by Crippen LogP contribution is -2.40. The molecule has 2 amide bonds. The highest BCUT2D eigenvalue weighted by atomic mass is 16.5. The molecule has 1 fully saturated rings. The predicted molar refractivity (Wildman–Crippen MR) is 124 cm³/mol. The lowest BCUT2D eigenvalue weighted by atomic mass is 10.0. The third-order valence-electron chi connectivity index (χ3n) is 6.34. The van der Waals surface area contributed by atoms with E-state index in [0.717, 1.165) is 69.8 Å². The first kappa shape index (κ1) is 23.7. The van der Waals surface area contributed by atoms with Crippen LogP contribution in [0, 0.1) is 0 Å². The van der Waals surface area contributed by atoms with Crippen molar-refractivity contribution in [2.24, 2.45) is 0 Å². The first-order valence-corrected chi connectivity index (χ1v) is 12.0. The Bertz CT molecular complexity index is 744. The van der Waals surface area contributed by atoms with Gasteiger partial charge < -0.3 is 15.0 Å². The number of rotatable bonds is 3. The molecule has 0 unspecified atom stereocenters. The highest BCUT2D eigenvalue weighted by Crippen LogP contribution is 2.28. The molecule has 172 valence electrons. The minimum absolute atomic E-state index is 0.0593. The van der Waals surface area contributed by atoms with Crippen molar-refractivity contribution in [1.82, 2.24) is 10.2 Å². The van der Waals surface area contributed by atoms with Gasteiger partial charge in [0.05, 0.1) is 0 Å². The van der Waals surface area contributed by atoms with Gasteiger partial charge in [0.25, 0.3) is 5.91 Å². The third kappa shape index (κ3) is 6.78. The van der Waals surface area contributed by atoms with E-state index in [1.165, 1.54) is 19.3 Å². The maximum absolute atomic E-state index is 12.7. The molecule has 31 heavy (non-hydrogen) atoms. The molecule has 0 aromatic heterocycles. The number of nitrogens with one attached hydrogen (secondary N) is 1. The van der Waals surface area contributed by atoms with E-state index in [0.29, 0.717) is 11.6 Å². The normalized spacial score (nSPS) is 19.9. The number of carbonyl (C=O) groups is 2. The molecule has 0 bridgehead atoms. The zero-order valence-electron chi connectivity index (χ0n) is 19.5. The van der Waals surface area contributed by atoms with E-state index in [1.807, 2.05) is 36.9 Å². The Morgan fingerprint density at radius 2 is 1.71 bits per heavy atom. The quantitative estimate of drug-likeness (QED) is 0.785. The van der Waals surface area contributed by atoms with Gasteiger partial charge in [-0.25, -0.2) is 0 Å². The maximum atomic E-state index is 12.7. The van der Waals surface area contributed by atoms with E-state index < -0.39 is 0 Å². The Hall–Kier alpha value is -1.92. The molecule has 1 N–H and O–H groups in total. The number of hydrogen-bond acceptors (Lipinski definition) is 4. The van der Waals surface area contributed by atoms with Crippen LogP contribution in [-0.2, 0) is 16.1 Å². The van der Waals surface area contributed by atoms with Gasteiger partial charge in [0, 0.05) is 56.6 Å². The van der Waals surface area contributed by atoms with Gasteiger partial charge in [0.1, 0.15) is 0 Å². The van der Waals surface area contributed by atoms with Crippen LogP contribution in [0.5, 0.6) is 0 Å². The van der Waals surface area contributed by atoms with Crippen LogP contribution in [0.4, 0.5) is 5.69 Å². The Morgan fingerprint density at radius 1 is 1.03 bits per heavy atom. The van der Waals surface area contributed by atoms with Crippen molar-refractivity contribution in [3.8, 4) is 0 Å². The molecular weight excluding hydrogens is 390 g/mol. The number of benzene rings is 1. The van der Waals surface area contributed by atoms with E-state index in [2.05, 4.69) is 10.2 Å². The zero-order chi connectivity index (χ0) is 22.2. The molecule has 1 aromatic rings. The van der Waals surface area contributed by atoms with Crippen molar-refractivity contribution >= 4 is 17.5 Å². The van der Waals surface area contributed by atoms with Crippen LogP contribution in [0.15, 0.2) is 18.2 Å². The highest BCUT2D eigenvalue weighted by Gasteiger charge is 2.25. The van der Waals surface area contributed by atoms with Crippen molar-refractivity contribution in [3.05, 3.63) is 29.3 Å². The van der Waals surface area contributed by atoms with E-state index in [9.17, 15) is 9.59 Å². The van der Waals surface area contributed by atoms with Crippen LogP contribution in [0.3, 0.4) is 0 Å². The topological polar surface area (TPSA) is 61.9 Å². The number of carbonyl (C=O) groups excluding carboxylic acids is 2. The van der Waals surface area contributed by atoms with Crippen molar-refractivity contribution in [2.75, 3.05) is 31.2 Å². The van der Waals surface area contributed by atoms with Crippen LogP contribution in [0.2, 0.25) is 0 Å². The van der Waals surface area contributed by atoms with Crippen LogP contribution >= 0.6 is 0 Å². The fraction of sp³-hybridized carbons (Fsp3) is 0.680. The van der Waals surface area contributed by atoms with Gasteiger partial charge in [0.15, 0.2) is 0 Å². The second-order valence-electron chi connectivity index (χ2n) is 9.22. The van der Waals surface area contributed by atoms with Crippen molar-refractivity contribution in [1.29, 1.82) is 0 Å². The van der Waals surface area contributed by atoms with Crippen LogP contribution < -0.4 is 10.2 Å². The first-order valence-electron chi connectivity index (χ1n) is 12.0. The van der Waals surface area contributed by atoms with Gasteiger partial charge in [-0.1, -0.05) is 19.3 Å². The molecule has 0 saturated carbocycles. The average molecular weight is 430 g/mol. The van der Waals surface area contributed by atoms with Crippen LogP contribution in [0.1, 0.15) is 81.6 Å². The Labute approximate surface area is 187 Å². The molecule has 0 aliphatic carbocycles. The molecule has 3 rings (SSSR count). The minimum Gasteiger partial charge on any atom is -0.381 e. The Balaban J connectivity index is 1.97. The van der Waals surface area contributed by atoms with Crippen LogP contribution in [-0.4, -0.2) is 55.1 Å². The fourth-order valence-electron chi connectivity index (χ4n) is 4.68. The third-order valence-corrected chi connectivity index (χ3v) is 6.34. The predicted octanol–water partition coefficient (Wildman–Crippen LogP) is 4.12. The van der Waals surface area contributed by atoms with Crippen molar-refractivity contribution < 1.29 is 14.3 Å². The van der Waals surface area contributed by atoms with Gasteiger partial charge in [-0.3, -0.25) is 14.5 Å². The number of amides is 2. The summed E-state index contributed by atoms with van der Waals surface area (Å²) in [6.07, 6.45) is 7.87. The first-order chi connectivity index (χ1) is 15.0. The molecular formula is C25H39N3O3. The molecule has 0 radical (unpaired) electrons. The number of nitrogens with zero attached hydrogens (tertiary/aromatic N) is 2. The Kier molecular flexibility index (Phi) is 8.90. The molecule has 2 heterocycles. The summed E-state index contributed by atoms with van der Waals surface area (Å²) >= 11 is 0. The molecule has 6 heteroatoms. The van der Waals surface area contributed by atoms with Gasteiger partial charge >= 0.3 is 0 Å². The number of anilines is 1. The summed E-state index contributed by atoms with van der Waals surface area (Å²) in [4.78, 5) is 29.7. The summed E-state index contributed by atoms with van der Waals surface area (Å²) in [7, 11) is 0. The molecule has 6 nitrogen and oxygen atoms in total. The summed E-state index contributed by atoms with van der Waals surface area (Å²) in [6.45, 7) is 9.74. The van der Waals surface area contributed by atoms with E-state index in [1.54, 1.807) is 6.92 Å². The fourth-order valence-corrected chi connectivity index (χ4v) is 4.68. The lowest BCUT2D eigenvalue weighted by molar-refractivity contribution is -0.116. The monoisotopic (exact) mass is 429 g/mol. The minimum atomic E-state index is -0.0593. The highest BCUT2D eigenvalue weighted by molar-refractivity contribution is 5.97. The summed E-state index contributed by atoms with van der Waals surface area (Å²) < 4.78 is 5.60. The number of fused-ring (bicyclic) bond motifs is 1. The summed E-state index contributed by atoms with van der Waals surface area (Å²) in [5.74, 6) is 0.00576. The maximum Gasteiger partial charge on any atom is 0.251 e. The summed E-state index contributed by atoms with van der Waals surface area (Å²) in [5.41, 5.74) is 2.68. The zero-order valence-corrected chi connectivity index (χ0v) is 19.5. The molecule has 2 aliphatic heterocycles. The molecule has 1 aromatic carbocycles. The van der Waals surface area contributed by atoms with E-state index in [-0.39, 0.29) is 17.9 Å². The molecule has 0 atom stereocenters. The number of hydrogen-bond donors (Lipinski definition) is 1. The van der Waals surface area contributed by atoms with Gasteiger partial charge in [-0.05, 0) is 69.8 Å². The molecule has 1 saturated heterocycles. The molecule has 0 spiro atoms. The van der Waals surface area contributed by atoms with Crippen molar-refractivity contribution in [2.45, 2.75) is 84.3 Å². The smallest absolute Gasteiger partial charge is 0.251 e. The number of ether oxygens (including phenoxy) is 1. The summed E-state index contributed by atoms with van der Waals surface area (Å²) in [6, 6.07) is 6.40. The second kappa shape index (κ2) is 11.6. The standard InChI is InChI=1S/C25H39N3O3/c1-19(2)26-25(30)21-9-10-24-22(17-21)18-27(23-11-15-31-16-12-23)13-7-5-4-6-8-14-28(24)20(3)29/h9-10,17,19,23H,4-8,11-16,18H2,1-3H3,(H,26,30). The SMILES string of the molecule is CC(=O)N1CCCCCCCN(C2CCOCC2)Cc2cc(C(=O)NC(C)C)ccc21. The van der Waals surface area contributed by atoms with Gasteiger partial charge in [-0.2, -0.15) is 0 Å². The largest absolute Gasteiger partial charge is 0.381 e.